The summed E-state index contributed by atoms with van der Waals surface area (Å²) < 4.78 is 1.79. The van der Waals surface area contributed by atoms with E-state index in [0.29, 0.717) is 5.69 Å². The Balaban J connectivity index is 1.50. The molecule has 0 radical (unpaired) electrons. The lowest BCUT2D eigenvalue weighted by Crippen LogP contribution is -2.49. The molecule has 1 aliphatic rings. The zero-order valence-corrected chi connectivity index (χ0v) is 17.6. The van der Waals surface area contributed by atoms with Crippen molar-refractivity contribution in [3.8, 4) is 11.3 Å². The smallest absolute Gasteiger partial charge is 0.270 e. The first-order valence-electron chi connectivity index (χ1n) is 10.5. The fraction of sp³-hybridized carbons (Fsp3) is 0.375. The zero-order chi connectivity index (χ0) is 21.1. The van der Waals surface area contributed by atoms with E-state index in [9.17, 15) is 9.90 Å². The molecular weight excluding hydrogens is 376 g/mol. The van der Waals surface area contributed by atoms with Crippen LogP contribution in [0.15, 0.2) is 48.8 Å². The number of nitrogens with one attached hydrogen (secondary N) is 1. The van der Waals surface area contributed by atoms with Crippen molar-refractivity contribution in [1.82, 2.24) is 20.1 Å². The van der Waals surface area contributed by atoms with Crippen molar-refractivity contribution < 1.29 is 9.90 Å². The molecule has 6 nitrogen and oxygen atoms in total. The molecule has 0 unspecified atom stereocenters. The number of aliphatic hydroxyl groups excluding tert-OH is 1. The maximum atomic E-state index is 12.8. The topological polar surface area (TPSA) is 80.0 Å². The van der Waals surface area contributed by atoms with Gasteiger partial charge in [0.1, 0.15) is 5.69 Å². The second kappa shape index (κ2) is 8.40. The molecule has 1 aromatic carbocycles. The summed E-state index contributed by atoms with van der Waals surface area (Å²) in [5.41, 5.74) is 5.23. The van der Waals surface area contributed by atoms with Crippen molar-refractivity contribution in [3.05, 3.63) is 71.2 Å². The highest BCUT2D eigenvalue weighted by Gasteiger charge is 2.35. The Bertz CT molecular complexity index is 1030. The Morgan fingerprint density at radius 2 is 1.93 bits per heavy atom. The lowest BCUT2D eigenvalue weighted by molar-refractivity contribution is 0.0833. The third-order valence-electron chi connectivity index (χ3n) is 6.05. The predicted molar refractivity (Wildman–Crippen MR) is 116 cm³/mol. The molecule has 2 N–H and O–H groups in total. The molecule has 2 heterocycles. The van der Waals surface area contributed by atoms with Gasteiger partial charge in [-0.25, -0.2) is 0 Å². The molecule has 0 atom stereocenters. The number of aliphatic hydroxyl groups is 1. The molecule has 0 spiro atoms. The van der Waals surface area contributed by atoms with Gasteiger partial charge in [0.25, 0.3) is 5.91 Å². The van der Waals surface area contributed by atoms with E-state index >= 15 is 0 Å². The van der Waals surface area contributed by atoms with Gasteiger partial charge < -0.3 is 10.4 Å². The minimum Gasteiger partial charge on any atom is -0.394 e. The van der Waals surface area contributed by atoms with Gasteiger partial charge in [0.15, 0.2) is 0 Å². The fourth-order valence-electron chi connectivity index (χ4n) is 4.14. The number of benzene rings is 1. The summed E-state index contributed by atoms with van der Waals surface area (Å²) in [6.07, 6.45) is 8.11. The van der Waals surface area contributed by atoms with Crippen molar-refractivity contribution in [1.29, 1.82) is 0 Å². The minimum atomic E-state index is -0.495. The van der Waals surface area contributed by atoms with Crippen LogP contribution in [0.4, 0.5) is 0 Å². The van der Waals surface area contributed by atoms with Crippen LogP contribution in [0.1, 0.15) is 52.9 Å². The average molecular weight is 405 g/mol. The number of aromatic nitrogens is 3. The molecule has 1 amide bonds. The van der Waals surface area contributed by atoms with E-state index in [1.165, 1.54) is 0 Å². The first-order chi connectivity index (χ1) is 14.5. The summed E-state index contributed by atoms with van der Waals surface area (Å²) in [7, 11) is 1.91. The third kappa shape index (κ3) is 4.28. The first kappa shape index (κ1) is 20.3. The van der Waals surface area contributed by atoms with Crippen molar-refractivity contribution in [2.45, 2.75) is 44.6 Å². The van der Waals surface area contributed by atoms with Gasteiger partial charge >= 0.3 is 0 Å². The molecule has 6 heteroatoms. The molecule has 1 fully saturated rings. The average Bonchev–Trinajstić information content (AvgIpc) is 3.40. The van der Waals surface area contributed by atoms with E-state index in [1.807, 2.05) is 32.3 Å². The second-order valence-electron chi connectivity index (χ2n) is 8.34. The van der Waals surface area contributed by atoms with Crippen LogP contribution in [-0.2, 0) is 13.5 Å². The number of nitrogens with zero attached hydrogens (tertiary/aromatic N) is 3. The van der Waals surface area contributed by atoms with E-state index < -0.39 is 5.54 Å². The Hall–Kier alpha value is -2.99. The van der Waals surface area contributed by atoms with Gasteiger partial charge in [0, 0.05) is 25.0 Å². The fourth-order valence-corrected chi connectivity index (χ4v) is 4.14. The summed E-state index contributed by atoms with van der Waals surface area (Å²) in [4.78, 5) is 17.1. The molecular formula is C24H28N4O2. The highest BCUT2D eigenvalue weighted by Crippen LogP contribution is 2.29. The van der Waals surface area contributed by atoms with Gasteiger partial charge in [-0.2, -0.15) is 5.10 Å². The summed E-state index contributed by atoms with van der Waals surface area (Å²) in [6.45, 7) is 1.98. The third-order valence-corrected chi connectivity index (χ3v) is 6.05. The van der Waals surface area contributed by atoms with Crippen LogP contribution in [0.2, 0.25) is 0 Å². The number of pyridine rings is 1. The number of amides is 1. The molecule has 4 rings (SSSR count). The van der Waals surface area contributed by atoms with E-state index in [0.717, 1.165) is 60.1 Å². The first-order valence-corrected chi connectivity index (χ1v) is 10.5. The molecule has 1 aliphatic carbocycles. The highest BCUT2D eigenvalue weighted by atomic mass is 16.3. The molecule has 0 aliphatic heterocycles. The van der Waals surface area contributed by atoms with E-state index in [1.54, 1.807) is 10.9 Å². The molecule has 3 aromatic rings. The van der Waals surface area contributed by atoms with Gasteiger partial charge in [-0.1, -0.05) is 37.1 Å². The van der Waals surface area contributed by atoms with Gasteiger partial charge in [-0.15, -0.1) is 0 Å². The number of carbonyl (C=O) groups excluding carboxylic acids is 1. The van der Waals surface area contributed by atoms with Crippen LogP contribution < -0.4 is 5.32 Å². The van der Waals surface area contributed by atoms with Crippen LogP contribution in [0.25, 0.3) is 11.3 Å². The van der Waals surface area contributed by atoms with Crippen LogP contribution in [0.5, 0.6) is 0 Å². The van der Waals surface area contributed by atoms with Crippen molar-refractivity contribution in [2.24, 2.45) is 7.05 Å². The molecule has 156 valence electrons. The lowest BCUT2D eigenvalue weighted by atomic mass is 9.97. The number of carbonyl (C=O) groups is 1. The zero-order valence-electron chi connectivity index (χ0n) is 17.6. The largest absolute Gasteiger partial charge is 0.394 e. The lowest BCUT2D eigenvalue weighted by Gasteiger charge is -2.27. The number of rotatable bonds is 6. The monoisotopic (exact) mass is 404 g/mol. The van der Waals surface area contributed by atoms with Gasteiger partial charge in [0.05, 0.1) is 17.8 Å². The Labute approximate surface area is 177 Å². The highest BCUT2D eigenvalue weighted by molar-refractivity contribution is 5.93. The summed E-state index contributed by atoms with van der Waals surface area (Å²) in [5, 5.41) is 17.2. The summed E-state index contributed by atoms with van der Waals surface area (Å²) >= 11 is 0. The molecule has 0 bridgehead atoms. The summed E-state index contributed by atoms with van der Waals surface area (Å²) in [6, 6.07) is 12.2. The van der Waals surface area contributed by atoms with Gasteiger partial charge in [-0.05, 0) is 55.0 Å². The van der Waals surface area contributed by atoms with E-state index in [4.69, 9.17) is 0 Å². The molecule has 0 saturated heterocycles. The van der Waals surface area contributed by atoms with E-state index in [2.05, 4.69) is 39.7 Å². The number of aryl methyl sites for hydroxylation is 2. The Morgan fingerprint density at radius 3 is 2.57 bits per heavy atom. The molecule has 30 heavy (non-hydrogen) atoms. The van der Waals surface area contributed by atoms with Crippen molar-refractivity contribution in [2.75, 3.05) is 6.61 Å². The number of hydrogen-bond acceptors (Lipinski definition) is 4. The Kier molecular flexibility index (Phi) is 5.68. The van der Waals surface area contributed by atoms with Crippen molar-refractivity contribution in [3.63, 3.8) is 0 Å². The van der Waals surface area contributed by atoms with Crippen molar-refractivity contribution >= 4 is 5.91 Å². The van der Waals surface area contributed by atoms with Gasteiger partial charge in [0.2, 0.25) is 0 Å². The van der Waals surface area contributed by atoms with Gasteiger partial charge in [-0.3, -0.25) is 14.5 Å². The number of hydrogen-bond donors (Lipinski definition) is 2. The maximum Gasteiger partial charge on any atom is 0.270 e. The van der Waals surface area contributed by atoms with E-state index in [-0.39, 0.29) is 12.5 Å². The summed E-state index contributed by atoms with van der Waals surface area (Å²) in [5.74, 6) is -0.210. The maximum absolute atomic E-state index is 12.8. The Morgan fingerprint density at radius 1 is 1.20 bits per heavy atom. The minimum absolute atomic E-state index is 0.0277. The van der Waals surface area contributed by atoms with Crippen LogP contribution in [0, 0.1) is 6.92 Å². The molecule has 2 aromatic heterocycles. The second-order valence-corrected chi connectivity index (χ2v) is 8.34. The molecule has 1 saturated carbocycles. The van der Waals surface area contributed by atoms with Crippen LogP contribution in [-0.4, -0.2) is 37.9 Å². The van der Waals surface area contributed by atoms with Crippen LogP contribution in [0.3, 0.4) is 0 Å². The standard InChI is InChI=1S/C24H28N4O2/c1-17-15-25-22(23(30)26-24(16-29)10-3-4-11-24)14-20(17)13-18-5-7-19(8-6-18)21-9-12-28(2)27-21/h5-9,12,14-15,29H,3-4,10-11,13,16H2,1-2H3,(H,26,30). The van der Waals surface area contributed by atoms with Crippen LogP contribution >= 0.6 is 0 Å². The SMILES string of the molecule is Cc1cnc(C(=O)NC2(CO)CCCC2)cc1Cc1ccc(-c2ccn(C)n2)cc1. The quantitative estimate of drug-likeness (QED) is 0.660. The normalized spacial score (nSPS) is 15.3. The predicted octanol–water partition coefficient (Wildman–Crippen LogP) is 3.42.